The van der Waals surface area contributed by atoms with Crippen molar-refractivity contribution in [2.24, 2.45) is 0 Å². The number of H-pyrrole nitrogens is 1. The first-order chi connectivity index (χ1) is 7.60. The standard InChI is InChI=1S/C10H13N3O3/c1-2-13-4-6-7(5-13)11-8(3-9(14)15)12-10(6)16/h2-5H2,1H3,(H,14,15)(H,11,12,16). The maximum atomic E-state index is 11.7. The maximum absolute atomic E-state index is 11.7. The van der Waals surface area contributed by atoms with E-state index in [9.17, 15) is 9.59 Å². The third-order valence-corrected chi connectivity index (χ3v) is 2.67. The minimum absolute atomic E-state index is 0.211. The Labute approximate surface area is 91.9 Å². The number of nitrogens with one attached hydrogen (secondary N) is 1. The Morgan fingerprint density at radius 1 is 1.56 bits per heavy atom. The zero-order valence-electron chi connectivity index (χ0n) is 8.99. The summed E-state index contributed by atoms with van der Waals surface area (Å²) < 4.78 is 0. The molecule has 0 fully saturated rings. The average Bonchev–Trinajstić information content (AvgIpc) is 2.60. The zero-order valence-corrected chi connectivity index (χ0v) is 8.99. The lowest BCUT2D eigenvalue weighted by atomic mass is 10.2. The van der Waals surface area contributed by atoms with Crippen molar-refractivity contribution in [2.45, 2.75) is 26.4 Å². The van der Waals surface area contributed by atoms with Gasteiger partial charge in [0.1, 0.15) is 12.2 Å². The van der Waals surface area contributed by atoms with Crippen molar-refractivity contribution in [3.63, 3.8) is 0 Å². The summed E-state index contributed by atoms with van der Waals surface area (Å²) in [6.07, 6.45) is -0.241. The number of rotatable bonds is 3. The first kappa shape index (κ1) is 10.8. The van der Waals surface area contributed by atoms with Gasteiger partial charge in [-0.1, -0.05) is 6.92 Å². The smallest absolute Gasteiger partial charge is 0.311 e. The van der Waals surface area contributed by atoms with Gasteiger partial charge in [0.25, 0.3) is 5.56 Å². The van der Waals surface area contributed by atoms with Crippen LogP contribution in [0.15, 0.2) is 4.79 Å². The van der Waals surface area contributed by atoms with E-state index in [2.05, 4.69) is 14.9 Å². The van der Waals surface area contributed by atoms with Gasteiger partial charge in [0.2, 0.25) is 0 Å². The maximum Gasteiger partial charge on any atom is 0.311 e. The second kappa shape index (κ2) is 4.05. The molecule has 0 saturated carbocycles. The molecule has 0 radical (unpaired) electrons. The van der Waals surface area contributed by atoms with E-state index in [1.165, 1.54) is 0 Å². The number of aliphatic carboxylic acids is 1. The lowest BCUT2D eigenvalue weighted by Gasteiger charge is -2.08. The first-order valence-electron chi connectivity index (χ1n) is 5.15. The van der Waals surface area contributed by atoms with Crippen molar-refractivity contribution in [1.29, 1.82) is 0 Å². The van der Waals surface area contributed by atoms with Crippen LogP contribution in [0.2, 0.25) is 0 Å². The number of carbonyl (C=O) groups is 1. The summed E-state index contributed by atoms with van der Waals surface area (Å²) in [4.78, 5) is 31.0. The lowest BCUT2D eigenvalue weighted by molar-refractivity contribution is -0.136. The van der Waals surface area contributed by atoms with Crippen molar-refractivity contribution < 1.29 is 9.90 Å². The van der Waals surface area contributed by atoms with E-state index in [-0.39, 0.29) is 17.8 Å². The molecule has 0 spiro atoms. The number of nitrogens with zero attached hydrogens (tertiary/aromatic N) is 2. The summed E-state index contributed by atoms with van der Waals surface area (Å²) in [6, 6.07) is 0. The second-order valence-corrected chi connectivity index (χ2v) is 3.81. The molecule has 0 aromatic carbocycles. The molecule has 0 bridgehead atoms. The molecule has 0 aliphatic carbocycles. The van der Waals surface area contributed by atoms with Crippen molar-refractivity contribution in [2.75, 3.05) is 6.54 Å². The predicted octanol–water partition coefficient (Wildman–Crippen LogP) is -0.268. The van der Waals surface area contributed by atoms with Gasteiger partial charge in [-0.3, -0.25) is 14.5 Å². The third-order valence-electron chi connectivity index (χ3n) is 2.67. The molecule has 0 unspecified atom stereocenters. The van der Waals surface area contributed by atoms with Gasteiger partial charge in [0.15, 0.2) is 0 Å². The van der Waals surface area contributed by atoms with Crippen LogP contribution in [0.25, 0.3) is 0 Å². The molecule has 1 aromatic rings. The highest BCUT2D eigenvalue weighted by atomic mass is 16.4. The van der Waals surface area contributed by atoms with Gasteiger partial charge in [0, 0.05) is 13.1 Å². The second-order valence-electron chi connectivity index (χ2n) is 3.81. The molecule has 6 nitrogen and oxygen atoms in total. The minimum atomic E-state index is -0.992. The van der Waals surface area contributed by atoms with Crippen LogP contribution < -0.4 is 5.56 Å². The van der Waals surface area contributed by atoms with Gasteiger partial charge in [-0.05, 0) is 6.54 Å². The number of carboxylic acids is 1. The van der Waals surface area contributed by atoms with Gasteiger partial charge in [0.05, 0.1) is 11.3 Å². The number of aromatic amines is 1. The fraction of sp³-hybridized carbons (Fsp3) is 0.500. The van der Waals surface area contributed by atoms with Gasteiger partial charge >= 0.3 is 5.97 Å². The zero-order chi connectivity index (χ0) is 11.7. The molecule has 1 aliphatic rings. The molecule has 16 heavy (non-hydrogen) atoms. The highest BCUT2D eigenvalue weighted by Crippen LogP contribution is 2.16. The predicted molar refractivity (Wildman–Crippen MR) is 56.0 cm³/mol. The Morgan fingerprint density at radius 3 is 2.94 bits per heavy atom. The molecule has 0 saturated heterocycles. The normalized spacial score (nSPS) is 15.1. The molecule has 2 N–H and O–H groups in total. The quantitative estimate of drug-likeness (QED) is 0.736. The van der Waals surface area contributed by atoms with E-state index < -0.39 is 5.97 Å². The summed E-state index contributed by atoms with van der Waals surface area (Å²) in [5.41, 5.74) is 1.16. The molecule has 0 amide bonds. The van der Waals surface area contributed by atoms with Crippen LogP contribution >= 0.6 is 0 Å². The SMILES string of the molecule is CCN1Cc2nc(CC(=O)O)[nH]c(=O)c2C1. The Balaban J connectivity index is 2.34. The first-order valence-corrected chi connectivity index (χ1v) is 5.15. The highest BCUT2D eigenvalue weighted by Gasteiger charge is 2.22. The average molecular weight is 223 g/mol. The summed E-state index contributed by atoms with van der Waals surface area (Å²) in [5.74, 6) is -0.761. The monoisotopic (exact) mass is 223 g/mol. The number of carboxylic acid groups (broad SMARTS) is 1. The van der Waals surface area contributed by atoms with Gasteiger partial charge in [-0.15, -0.1) is 0 Å². The van der Waals surface area contributed by atoms with E-state index >= 15 is 0 Å². The topological polar surface area (TPSA) is 86.3 Å². The number of hydrogen-bond donors (Lipinski definition) is 2. The largest absolute Gasteiger partial charge is 0.481 e. The summed E-state index contributed by atoms with van der Waals surface area (Å²) >= 11 is 0. The molecule has 0 atom stereocenters. The molecular formula is C10H13N3O3. The number of fused-ring (bicyclic) bond motifs is 1. The molecule has 1 aliphatic heterocycles. The van der Waals surface area contributed by atoms with Gasteiger partial charge in [-0.25, -0.2) is 4.98 Å². The van der Waals surface area contributed by atoms with Crippen molar-refractivity contribution >= 4 is 5.97 Å². The van der Waals surface area contributed by atoms with Crippen LogP contribution in [-0.2, 0) is 24.3 Å². The molecule has 6 heteroatoms. The fourth-order valence-corrected chi connectivity index (χ4v) is 1.83. The van der Waals surface area contributed by atoms with Gasteiger partial charge < -0.3 is 10.1 Å². The summed E-state index contributed by atoms with van der Waals surface area (Å²) in [6.45, 7) is 4.09. The van der Waals surface area contributed by atoms with Crippen LogP contribution in [0.5, 0.6) is 0 Å². The van der Waals surface area contributed by atoms with Crippen molar-refractivity contribution in [3.8, 4) is 0 Å². The van der Waals surface area contributed by atoms with E-state index in [0.29, 0.717) is 24.3 Å². The lowest BCUT2D eigenvalue weighted by Crippen LogP contribution is -2.19. The van der Waals surface area contributed by atoms with E-state index in [4.69, 9.17) is 5.11 Å². The van der Waals surface area contributed by atoms with Crippen molar-refractivity contribution in [3.05, 3.63) is 27.4 Å². The van der Waals surface area contributed by atoms with Crippen LogP contribution in [-0.4, -0.2) is 32.5 Å². The number of hydrogen-bond acceptors (Lipinski definition) is 4. The highest BCUT2D eigenvalue weighted by molar-refractivity contribution is 5.68. The molecule has 2 rings (SSSR count). The van der Waals surface area contributed by atoms with Crippen LogP contribution in [0, 0.1) is 0 Å². The van der Waals surface area contributed by atoms with Crippen LogP contribution in [0.1, 0.15) is 24.0 Å². The number of aromatic nitrogens is 2. The third kappa shape index (κ3) is 1.96. The Kier molecular flexibility index (Phi) is 2.74. The Morgan fingerprint density at radius 2 is 2.31 bits per heavy atom. The Bertz CT molecular complexity index is 481. The minimum Gasteiger partial charge on any atom is -0.481 e. The molecular weight excluding hydrogens is 210 g/mol. The van der Waals surface area contributed by atoms with E-state index in [1.54, 1.807) is 0 Å². The van der Waals surface area contributed by atoms with Crippen LogP contribution in [0.4, 0.5) is 0 Å². The fourth-order valence-electron chi connectivity index (χ4n) is 1.83. The summed E-state index contributed by atoms with van der Waals surface area (Å²) in [5, 5.41) is 8.63. The Hall–Kier alpha value is -1.69. The molecule has 1 aromatic heterocycles. The van der Waals surface area contributed by atoms with E-state index in [0.717, 1.165) is 6.54 Å². The van der Waals surface area contributed by atoms with E-state index in [1.807, 2.05) is 6.92 Å². The van der Waals surface area contributed by atoms with Crippen molar-refractivity contribution in [1.82, 2.24) is 14.9 Å². The summed E-state index contributed by atoms with van der Waals surface area (Å²) in [7, 11) is 0. The van der Waals surface area contributed by atoms with Gasteiger partial charge in [-0.2, -0.15) is 0 Å². The van der Waals surface area contributed by atoms with Crippen LogP contribution in [0.3, 0.4) is 0 Å². The molecule has 86 valence electrons. The molecule has 2 heterocycles.